The van der Waals surface area contributed by atoms with E-state index in [9.17, 15) is 14.4 Å². The number of hydrogen-bond acceptors (Lipinski definition) is 5. The minimum atomic E-state index is -0.862. The van der Waals surface area contributed by atoms with E-state index in [1.165, 1.54) is 0 Å². The maximum absolute atomic E-state index is 12.1. The summed E-state index contributed by atoms with van der Waals surface area (Å²) in [6.07, 6.45) is 3.50. The number of aliphatic carboxylic acids is 1. The quantitative estimate of drug-likeness (QED) is 0.484. The Morgan fingerprint density at radius 1 is 1.08 bits per heavy atom. The van der Waals surface area contributed by atoms with E-state index in [2.05, 4.69) is 5.32 Å². The van der Waals surface area contributed by atoms with E-state index in [1.807, 2.05) is 20.8 Å². The Morgan fingerprint density at radius 2 is 1.72 bits per heavy atom. The van der Waals surface area contributed by atoms with Gasteiger partial charge in [0, 0.05) is 18.9 Å². The number of rotatable bonds is 9. The SMILES string of the molecule is CCCC(=O)OC(CCC)OC(=O)NC(C)C1CCC(C(=O)O)CC1. The third kappa shape index (κ3) is 7.75. The first kappa shape index (κ1) is 21.3. The molecule has 0 heterocycles. The van der Waals surface area contributed by atoms with E-state index < -0.39 is 18.4 Å². The molecule has 2 N–H and O–H groups in total. The number of hydrogen-bond donors (Lipinski definition) is 2. The van der Waals surface area contributed by atoms with Gasteiger partial charge in [-0.15, -0.1) is 0 Å². The van der Waals surface area contributed by atoms with Gasteiger partial charge in [0.25, 0.3) is 0 Å². The van der Waals surface area contributed by atoms with Crippen LogP contribution >= 0.6 is 0 Å². The zero-order chi connectivity index (χ0) is 18.8. The first-order valence-electron chi connectivity index (χ1n) is 9.26. The molecule has 0 spiro atoms. The second kappa shape index (κ2) is 10.9. The van der Waals surface area contributed by atoms with Crippen LogP contribution in [-0.4, -0.2) is 35.5 Å². The summed E-state index contributed by atoms with van der Waals surface area (Å²) in [6, 6.07) is -0.115. The van der Waals surface area contributed by atoms with Crippen LogP contribution in [0.3, 0.4) is 0 Å². The number of carbonyl (C=O) groups is 3. The van der Waals surface area contributed by atoms with Crippen LogP contribution in [-0.2, 0) is 19.1 Å². The fourth-order valence-corrected chi connectivity index (χ4v) is 3.11. The Hall–Kier alpha value is -1.79. The smallest absolute Gasteiger partial charge is 0.410 e. The van der Waals surface area contributed by atoms with Gasteiger partial charge >= 0.3 is 18.0 Å². The van der Waals surface area contributed by atoms with Crippen LogP contribution in [0.4, 0.5) is 4.79 Å². The largest absolute Gasteiger partial charge is 0.481 e. The molecule has 144 valence electrons. The molecule has 0 aromatic rings. The minimum Gasteiger partial charge on any atom is -0.481 e. The molecule has 7 nitrogen and oxygen atoms in total. The summed E-state index contributed by atoms with van der Waals surface area (Å²) in [5, 5.41) is 11.8. The summed E-state index contributed by atoms with van der Waals surface area (Å²) < 4.78 is 10.4. The molecule has 0 aromatic heterocycles. The van der Waals surface area contributed by atoms with Crippen LogP contribution in [0.5, 0.6) is 0 Å². The molecule has 1 amide bonds. The van der Waals surface area contributed by atoms with Crippen molar-refractivity contribution >= 4 is 18.0 Å². The molecule has 0 aliphatic heterocycles. The van der Waals surface area contributed by atoms with Gasteiger partial charge < -0.3 is 19.9 Å². The summed E-state index contributed by atoms with van der Waals surface area (Å²) >= 11 is 0. The van der Waals surface area contributed by atoms with E-state index >= 15 is 0 Å². The third-order valence-electron chi connectivity index (χ3n) is 4.65. The molecule has 0 radical (unpaired) electrons. The zero-order valence-corrected chi connectivity index (χ0v) is 15.5. The van der Waals surface area contributed by atoms with Crippen LogP contribution in [0.15, 0.2) is 0 Å². The first-order chi connectivity index (χ1) is 11.9. The second-order valence-corrected chi connectivity index (χ2v) is 6.75. The van der Waals surface area contributed by atoms with E-state index in [-0.39, 0.29) is 23.8 Å². The maximum atomic E-state index is 12.1. The van der Waals surface area contributed by atoms with Crippen molar-refractivity contribution in [2.45, 2.75) is 84.5 Å². The van der Waals surface area contributed by atoms with Crippen molar-refractivity contribution in [3.63, 3.8) is 0 Å². The van der Waals surface area contributed by atoms with Gasteiger partial charge in [-0.05, 0) is 51.4 Å². The molecule has 1 saturated carbocycles. The lowest BCUT2D eigenvalue weighted by Gasteiger charge is -2.31. The third-order valence-corrected chi connectivity index (χ3v) is 4.65. The van der Waals surface area contributed by atoms with Crippen LogP contribution in [0.1, 0.15) is 72.1 Å². The summed E-state index contributed by atoms with van der Waals surface area (Å²) in [4.78, 5) is 34.7. The topological polar surface area (TPSA) is 102 Å². The van der Waals surface area contributed by atoms with Gasteiger partial charge in [-0.1, -0.05) is 13.8 Å². The highest BCUT2D eigenvalue weighted by atomic mass is 16.7. The number of carbonyl (C=O) groups excluding carboxylic acids is 2. The molecular weight excluding hydrogens is 326 g/mol. The van der Waals surface area contributed by atoms with Gasteiger partial charge in [0.15, 0.2) is 0 Å². The highest BCUT2D eigenvalue weighted by Crippen LogP contribution is 2.31. The molecule has 1 fully saturated rings. The molecule has 1 aliphatic carbocycles. The van der Waals surface area contributed by atoms with Crippen LogP contribution in [0, 0.1) is 11.8 Å². The highest BCUT2D eigenvalue weighted by molar-refractivity contribution is 5.71. The van der Waals surface area contributed by atoms with E-state index in [1.54, 1.807) is 0 Å². The van der Waals surface area contributed by atoms with Gasteiger partial charge in [-0.2, -0.15) is 0 Å². The van der Waals surface area contributed by atoms with Gasteiger partial charge in [-0.25, -0.2) is 4.79 Å². The minimum absolute atomic E-state index is 0.115. The van der Waals surface area contributed by atoms with Crippen LogP contribution in [0.2, 0.25) is 0 Å². The Morgan fingerprint density at radius 3 is 2.24 bits per heavy atom. The lowest BCUT2D eigenvalue weighted by Crippen LogP contribution is -2.42. The van der Waals surface area contributed by atoms with Crippen molar-refractivity contribution < 1.29 is 29.0 Å². The molecule has 2 atom stereocenters. The predicted molar refractivity (Wildman–Crippen MR) is 91.9 cm³/mol. The Balaban J connectivity index is 2.42. The van der Waals surface area contributed by atoms with Gasteiger partial charge in [0.2, 0.25) is 6.29 Å². The van der Waals surface area contributed by atoms with Crippen LogP contribution < -0.4 is 5.32 Å². The number of ether oxygens (including phenoxy) is 2. The summed E-state index contributed by atoms with van der Waals surface area (Å²) in [5.74, 6) is -1.15. The summed E-state index contributed by atoms with van der Waals surface area (Å²) in [6.45, 7) is 5.70. The average molecular weight is 357 g/mol. The van der Waals surface area contributed by atoms with Crippen molar-refractivity contribution in [2.24, 2.45) is 11.8 Å². The predicted octanol–water partition coefficient (Wildman–Crippen LogP) is 3.46. The fraction of sp³-hybridized carbons (Fsp3) is 0.833. The standard InChI is InChI=1S/C18H31NO6/c1-4-6-15(20)24-16(7-5-2)25-18(23)19-12(3)13-8-10-14(11-9-13)17(21)22/h12-14,16H,4-11H2,1-3H3,(H,19,23)(H,21,22). The van der Waals surface area contributed by atoms with E-state index in [0.717, 1.165) is 19.3 Å². The number of carboxylic acids is 1. The molecule has 1 aliphatic rings. The summed E-state index contributed by atoms with van der Waals surface area (Å²) in [5.41, 5.74) is 0. The van der Waals surface area contributed by atoms with Crippen molar-refractivity contribution in [1.29, 1.82) is 0 Å². The molecule has 7 heteroatoms. The van der Waals surface area contributed by atoms with Crippen LogP contribution in [0.25, 0.3) is 0 Å². The molecular formula is C18H31NO6. The lowest BCUT2D eigenvalue weighted by atomic mass is 9.79. The zero-order valence-electron chi connectivity index (χ0n) is 15.5. The Labute approximate surface area is 149 Å². The lowest BCUT2D eigenvalue weighted by molar-refractivity contribution is -0.169. The highest BCUT2D eigenvalue weighted by Gasteiger charge is 2.30. The summed E-state index contributed by atoms with van der Waals surface area (Å²) in [7, 11) is 0. The molecule has 0 aromatic carbocycles. The molecule has 2 unspecified atom stereocenters. The number of nitrogens with one attached hydrogen (secondary N) is 1. The Bertz CT molecular complexity index is 445. The van der Waals surface area contributed by atoms with Crippen molar-refractivity contribution in [2.75, 3.05) is 0 Å². The fourth-order valence-electron chi connectivity index (χ4n) is 3.11. The van der Waals surface area contributed by atoms with E-state index in [0.29, 0.717) is 32.1 Å². The van der Waals surface area contributed by atoms with Gasteiger partial charge in [-0.3, -0.25) is 9.59 Å². The molecule has 25 heavy (non-hydrogen) atoms. The monoisotopic (exact) mass is 357 g/mol. The number of carboxylic acid groups (broad SMARTS) is 1. The molecule has 1 rings (SSSR count). The number of alkyl carbamates (subject to hydrolysis) is 1. The van der Waals surface area contributed by atoms with Crippen molar-refractivity contribution in [3.05, 3.63) is 0 Å². The van der Waals surface area contributed by atoms with Crippen molar-refractivity contribution in [3.8, 4) is 0 Å². The normalized spacial score (nSPS) is 22.5. The Kier molecular flexibility index (Phi) is 9.31. The van der Waals surface area contributed by atoms with E-state index in [4.69, 9.17) is 14.6 Å². The van der Waals surface area contributed by atoms with Crippen molar-refractivity contribution in [1.82, 2.24) is 5.32 Å². The van der Waals surface area contributed by atoms with Gasteiger partial charge in [0.05, 0.1) is 5.92 Å². The molecule has 0 saturated heterocycles. The first-order valence-corrected chi connectivity index (χ1v) is 9.26. The number of amides is 1. The maximum Gasteiger partial charge on any atom is 0.410 e. The second-order valence-electron chi connectivity index (χ2n) is 6.75. The number of esters is 1. The average Bonchev–Trinajstić information content (AvgIpc) is 2.55. The van der Waals surface area contributed by atoms with Gasteiger partial charge in [0.1, 0.15) is 0 Å². The molecule has 0 bridgehead atoms.